The SMILES string of the molecule is Cc1ccc(N2CCC(=O)NC3(CCCC3)C2=O)c(Cl)c1. The predicted molar refractivity (Wildman–Crippen MR) is 82.5 cm³/mol. The molecule has 2 amide bonds. The highest BCUT2D eigenvalue weighted by Gasteiger charge is 2.47. The van der Waals surface area contributed by atoms with Gasteiger partial charge >= 0.3 is 0 Å². The number of carbonyl (C=O) groups excluding carboxylic acids is 2. The lowest BCUT2D eigenvalue weighted by Crippen LogP contribution is -2.55. The average molecular weight is 307 g/mol. The van der Waals surface area contributed by atoms with Gasteiger partial charge in [-0.15, -0.1) is 0 Å². The molecule has 0 radical (unpaired) electrons. The van der Waals surface area contributed by atoms with Gasteiger partial charge in [-0.1, -0.05) is 30.5 Å². The Morgan fingerprint density at radius 2 is 1.95 bits per heavy atom. The van der Waals surface area contributed by atoms with E-state index in [4.69, 9.17) is 11.6 Å². The molecule has 2 fully saturated rings. The lowest BCUT2D eigenvalue weighted by Gasteiger charge is -2.32. The molecular weight excluding hydrogens is 288 g/mol. The Morgan fingerprint density at radius 3 is 2.62 bits per heavy atom. The Morgan fingerprint density at radius 1 is 1.24 bits per heavy atom. The van der Waals surface area contributed by atoms with Crippen LogP contribution >= 0.6 is 11.6 Å². The van der Waals surface area contributed by atoms with Gasteiger partial charge in [0, 0.05) is 13.0 Å². The van der Waals surface area contributed by atoms with Crippen molar-refractivity contribution in [1.82, 2.24) is 5.32 Å². The molecule has 0 atom stereocenters. The van der Waals surface area contributed by atoms with E-state index in [9.17, 15) is 9.59 Å². The second kappa shape index (κ2) is 5.34. The van der Waals surface area contributed by atoms with E-state index in [1.54, 1.807) is 4.90 Å². The smallest absolute Gasteiger partial charge is 0.252 e. The number of halogens is 1. The molecule has 1 saturated carbocycles. The van der Waals surface area contributed by atoms with E-state index >= 15 is 0 Å². The summed E-state index contributed by atoms with van der Waals surface area (Å²) in [5.74, 6) is -0.0624. The fourth-order valence-corrected chi connectivity index (χ4v) is 3.67. The molecule has 2 aliphatic rings. The van der Waals surface area contributed by atoms with E-state index in [-0.39, 0.29) is 11.8 Å². The minimum Gasteiger partial charge on any atom is -0.342 e. The van der Waals surface area contributed by atoms with Crippen molar-refractivity contribution in [1.29, 1.82) is 0 Å². The van der Waals surface area contributed by atoms with Crippen LogP contribution in [0.4, 0.5) is 5.69 Å². The average Bonchev–Trinajstić information content (AvgIpc) is 2.85. The zero-order chi connectivity index (χ0) is 15.0. The maximum Gasteiger partial charge on any atom is 0.252 e. The van der Waals surface area contributed by atoms with Crippen LogP contribution in [0, 0.1) is 6.92 Å². The maximum atomic E-state index is 13.0. The van der Waals surface area contributed by atoms with Gasteiger partial charge in [0.2, 0.25) is 5.91 Å². The molecule has 1 aliphatic carbocycles. The molecule has 0 aromatic heterocycles. The first-order valence-corrected chi connectivity index (χ1v) is 7.79. The molecule has 1 heterocycles. The van der Waals surface area contributed by atoms with E-state index in [0.29, 0.717) is 23.7 Å². The highest BCUT2D eigenvalue weighted by molar-refractivity contribution is 6.34. The molecule has 5 heteroatoms. The summed E-state index contributed by atoms with van der Waals surface area (Å²) >= 11 is 6.31. The first-order valence-electron chi connectivity index (χ1n) is 7.41. The van der Waals surface area contributed by atoms with Gasteiger partial charge in [-0.3, -0.25) is 9.59 Å². The quantitative estimate of drug-likeness (QED) is 0.867. The Kier molecular flexibility index (Phi) is 3.66. The van der Waals surface area contributed by atoms with Crippen molar-refractivity contribution >= 4 is 29.1 Å². The number of hydrogen-bond acceptors (Lipinski definition) is 2. The van der Waals surface area contributed by atoms with Gasteiger partial charge in [0.25, 0.3) is 5.91 Å². The number of amides is 2. The van der Waals surface area contributed by atoms with E-state index in [2.05, 4.69) is 5.32 Å². The highest BCUT2D eigenvalue weighted by atomic mass is 35.5. The lowest BCUT2D eigenvalue weighted by molar-refractivity contribution is -0.129. The van der Waals surface area contributed by atoms with Crippen LogP contribution in [-0.2, 0) is 9.59 Å². The molecule has 1 spiro atoms. The Balaban J connectivity index is 2.00. The zero-order valence-corrected chi connectivity index (χ0v) is 12.9. The Hall–Kier alpha value is -1.55. The first kappa shape index (κ1) is 14.4. The molecule has 4 nitrogen and oxygen atoms in total. The molecule has 1 aliphatic heterocycles. The number of nitrogens with zero attached hydrogens (tertiary/aromatic N) is 1. The summed E-state index contributed by atoms with van der Waals surface area (Å²) < 4.78 is 0. The summed E-state index contributed by atoms with van der Waals surface area (Å²) in [4.78, 5) is 26.7. The van der Waals surface area contributed by atoms with Crippen molar-refractivity contribution in [2.75, 3.05) is 11.4 Å². The van der Waals surface area contributed by atoms with Gasteiger partial charge < -0.3 is 10.2 Å². The number of benzene rings is 1. The molecule has 1 saturated heterocycles. The third-order valence-corrected chi connectivity index (χ3v) is 4.75. The third kappa shape index (κ3) is 2.53. The van der Waals surface area contributed by atoms with Crippen LogP contribution in [0.15, 0.2) is 18.2 Å². The molecule has 1 N–H and O–H groups in total. The third-order valence-electron chi connectivity index (χ3n) is 4.45. The summed E-state index contributed by atoms with van der Waals surface area (Å²) in [5, 5.41) is 3.52. The van der Waals surface area contributed by atoms with Crippen molar-refractivity contribution in [3.63, 3.8) is 0 Å². The van der Waals surface area contributed by atoms with Crippen molar-refractivity contribution in [2.45, 2.75) is 44.6 Å². The van der Waals surface area contributed by atoms with Crippen LogP contribution in [0.2, 0.25) is 5.02 Å². The van der Waals surface area contributed by atoms with E-state index in [1.807, 2.05) is 25.1 Å². The summed E-state index contributed by atoms with van der Waals surface area (Å²) in [6.07, 6.45) is 3.70. The minimum absolute atomic E-state index is 0.0170. The van der Waals surface area contributed by atoms with Crippen LogP contribution in [0.25, 0.3) is 0 Å². The maximum absolute atomic E-state index is 13.0. The summed E-state index contributed by atoms with van der Waals surface area (Å²) in [7, 11) is 0. The highest BCUT2D eigenvalue weighted by Crippen LogP contribution is 2.36. The van der Waals surface area contributed by atoms with Crippen LogP contribution in [0.5, 0.6) is 0 Å². The monoisotopic (exact) mass is 306 g/mol. The lowest BCUT2D eigenvalue weighted by atomic mass is 9.95. The molecule has 21 heavy (non-hydrogen) atoms. The number of anilines is 1. The molecular formula is C16H19ClN2O2. The van der Waals surface area contributed by atoms with Crippen LogP contribution in [0.1, 0.15) is 37.7 Å². The fraction of sp³-hybridized carbons (Fsp3) is 0.500. The standard InChI is InChI=1S/C16H19ClN2O2/c1-11-4-5-13(12(17)10-11)19-9-6-14(20)18-16(15(19)21)7-2-3-8-16/h4-5,10H,2-3,6-9H2,1H3,(H,18,20). The predicted octanol–water partition coefficient (Wildman–Crippen LogP) is 2.81. The number of hydrogen-bond donors (Lipinski definition) is 1. The summed E-state index contributed by atoms with van der Waals surface area (Å²) in [5.41, 5.74) is 1.03. The molecule has 112 valence electrons. The molecule has 0 bridgehead atoms. The van der Waals surface area contributed by atoms with Crippen molar-refractivity contribution in [2.24, 2.45) is 0 Å². The number of aryl methyl sites for hydroxylation is 1. The second-order valence-corrected chi connectivity index (χ2v) is 6.41. The van der Waals surface area contributed by atoms with Gasteiger partial charge in [-0.05, 0) is 37.5 Å². The number of rotatable bonds is 1. The Labute approximate surface area is 129 Å². The Bertz CT molecular complexity index is 594. The van der Waals surface area contributed by atoms with E-state index < -0.39 is 5.54 Å². The normalized spacial score (nSPS) is 21.5. The van der Waals surface area contributed by atoms with Gasteiger partial charge in [0.15, 0.2) is 0 Å². The van der Waals surface area contributed by atoms with Crippen LogP contribution < -0.4 is 10.2 Å². The molecule has 0 unspecified atom stereocenters. The van der Waals surface area contributed by atoms with Gasteiger partial charge in [0.05, 0.1) is 10.7 Å². The molecule has 1 aromatic rings. The number of nitrogens with one attached hydrogen (secondary N) is 1. The van der Waals surface area contributed by atoms with Gasteiger partial charge in [0.1, 0.15) is 5.54 Å². The van der Waals surface area contributed by atoms with Gasteiger partial charge in [-0.2, -0.15) is 0 Å². The molecule has 3 rings (SSSR count). The minimum atomic E-state index is -0.720. The van der Waals surface area contributed by atoms with E-state index in [0.717, 1.165) is 31.2 Å². The first-order chi connectivity index (χ1) is 10.0. The van der Waals surface area contributed by atoms with Gasteiger partial charge in [-0.25, -0.2) is 0 Å². The summed E-state index contributed by atoms with van der Waals surface area (Å²) in [6, 6.07) is 5.66. The zero-order valence-electron chi connectivity index (χ0n) is 12.1. The van der Waals surface area contributed by atoms with Crippen molar-refractivity contribution < 1.29 is 9.59 Å². The van der Waals surface area contributed by atoms with E-state index in [1.165, 1.54) is 0 Å². The van der Waals surface area contributed by atoms with Crippen molar-refractivity contribution in [3.05, 3.63) is 28.8 Å². The topological polar surface area (TPSA) is 49.4 Å². The number of carbonyl (C=O) groups is 2. The fourth-order valence-electron chi connectivity index (χ4n) is 3.33. The summed E-state index contributed by atoms with van der Waals surface area (Å²) in [6.45, 7) is 2.35. The van der Waals surface area contributed by atoms with Crippen LogP contribution in [-0.4, -0.2) is 23.9 Å². The van der Waals surface area contributed by atoms with Crippen LogP contribution in [0.3, 0.4) is 0 Å². The van der Waals surface area contributed by atoms with Crippen molar-refractivity contribution in [3.8, 4) is 0 Å². The molecule has 1 aromatic carbocycles. The largest absolute Gasteiger partial charge is 0.342 e. The second-order valence-electron chi connectivity index (χ2n) is 6.00.